The molecule has 2 aromatic carbocycles. The number of rotatable bonds is 8. The molecule has 1 amide bonds. The highest BCUT2D eigenvalue weighted by Crippen LogP contribution is 2.27. The minimum Gasteiger partial charge on any atom is -0.497 e. The predicted octanol–water partition coefficient (Wildman–Crippen LogP) is 3.31. The van der Waals surface area contributed by atoms with E-state index >= 15 is 0 Å². The van der Waals surface area contributed by atoms with Crippen LogP contribution in [-0.4, -0.2) is 38.8 Å². The van der Waals surface area contributed by atoms with Crippen molar-refractivity contribution >= 4 is 29.2 Å². The van der Waals surface area contributed by atoms with Gasteiger partial charge in [-0.15, -0.1) is 0 Å². The van der Waals surface area contributed by atoms with E-state index in [4.69, 9.17) is 30.5 Å². The molecule has 0 bridgehead atoms. The average molecular weight is 394 g/mol. The number of anilines is 1. The highest BCUT2D eigenvalue weighted by molar-refractivity contribution is 6.31. The van der Waals surface area contributed by atoms with Crippen LogP contribution in [0.5, 0.6) is 17.2 Å². The molecule has 2 rings (SSSR count). The summed E-state index contributed by atoms with van der Waals surface area (Å²) >= 11 is 5.92. The van der Waals surface area contributed by atoms with Crippen molar-refractivity contribution in [3.8, 4) is 17.2 Å². The van der Waals surface area contributed by atoms with Crippen LogP contribution in [0.15, 0.2) is 42.5 Å². The molecule has 0 aliphatic carbocycles. The Labute approximate surface area is 162 Å². The molecule has 0 aromatic heterocycles. The second kappa shape index (κ2) is 9.68. The van der Waals surface area contributed by atoms with E-state index in [-0.39, 0.29) is 6.61 Å². The number of ether oxygens (including phenoxy) is 4. The summed E-state index contributed by atoms with van der Waals surface area (Å²) in [6.07, 6.45) is -1.03. The van der Waals surface area contributed by atoms with Crippen molar-refractivity contribution < 1.29 is 28.5 Å². The summed E-state index contributed by atoms with van der Waals surface area (Å²) in [6.45, 7) is 1.13. The molecule has 0 aliphatic rings. The van der Waals surface area contributed by atoms with Crippen molar-refractivity contribution in [2.24, 2.45) is 0 Å². The molecule has 0 aliphatic heterocycles. The molecular formula is C19H20ClNO6. The van der Waals surface area contributed by atoms with Crippen molar-refractivity contribution in [3.05, 3.63) is 47.5 Å². The first kappa shape index (κ1) is 20.4. The summed E-state index contributed by atoms with van der Waals surface area (Å²) in [4.78, 5) is 24.1. The maximum atomic E-state index is 12.2. The van der Waals surface area contributed by atoms with Gasteiger partial charge in [0.05, 0.1) is 19.9 Å². The molecule has 0 saturated carbocycles. The number of carbonyl (C=O) groups is 2. The smallest absolute Gasteiger partial charge is 0.344 e. The fraction of sp³-hybridized carbons (Fsp3) is 0.263. The van der Waals surface area contributed by atoms with Gasteiger partial charge in [0.15, 0.2) is 12.7 Å². The second-order valence-electron chi connectivity index (χ2n) is 5.43. The van der Waals surface area contributed by atoms with Gasteiger partial charge in [-0.3, -0.25) is 4.79 Å². The molecule has 7 nitrogen and oxygen atoms in total. The summed E-state index contributed by atoms with van der Waals surface area (Å²) in [5.41, 5.74) is 0.382. The lowest BCUT2D eigenvalue weighted by atomic mass is 10.2. The molecule has 27 heavy (non-hydrogen) atoms. The van der Waals surface area contributed by atoms with Crippen LogP contribution in [0.3, 0.4) is 0 Å². The lowest BCUT2D eigenvalue weighted by Gasteiger charge is -2.15. The van der Waals surface area contributed by atoms with E-state index in [0.29, 0.717) is 28.0 Å². The Morgan fingerprint density at radius 1 is 1.04 bits per heavy atom. The lowest BCUT2D eigenvalue weighted by Crippen LogP contribution is -2.31. The number of halogens is 1. The standard InChI is InChI=1S/C19H20ClNO6/c1-12(19(23)21-16-10-13(20)4-9-17(16)25-3)27-18(22)11-26-15-7-5-14(24-2)6-8-15/h4-10,12H,11H2,1-3H3,(H,21,23)/t12-/m1/s1. The van der Waals surface area contributed by atoms with E-state index in [9.17, 15) is 9.59 Å². The van der Waals surface area contributed by atoms with Gasteiger partial charge in [-0.2, -0.15) is 0 Å². The Kier molecular flexibility index (Phi) is 7.31. The summed E-state index contributed by atoms with van der Waals surface area (Å²) in [5.74, 6) is 0.397. The van der Waals surface area contributed by atoms with E-state index in [1.165, 1.54) is 14.0 Å². The number of esters is 1. The van der Waals surface area contributed by atoms with Gasteiger partial charge in [0.1, 0.15) is 17.2 Å². The Bertz CT molecular complexity index is 793. The third kappa shape index (κ3) is 6.07. The maximum absolute atomic E-state index is 12.2. The molecule has 0 unspecified atom stereocenters. The fourth-order valence-electron chi connectivity index (χ4n) is 2.11. The van der Waals surface area contributed by atoms with Crippen LogP contribution in [0, 0.1) is 0 Å². The second-order valence-corrected chi connectivity index (χ2v) is 5.87. The lowest BCUT2D eigenvalue weighted by molar-refractivity contribution is -0.155. The largest absolute Gasteiger partial charge is 0.497 e. The predicted molar refractivity (Wildman–Crippen MR) is 101 cm³/mol. The van der Waals surface area contributed by atoms with Gasteiger partial charge in [0.25, 0.3) is 5.91 Å². The molecule has 8 heteroatoms. The van der Waals surface area contributed by atoms with E-state index < -0.39 is 18.0 Å². The van der Waals surface area contributed by atoms with Crippen LogP contribution in [0.25, 0.3) is 0 Å². The maximum Gasteiger partial charge on any atom is 0.344 e. The topological polar surface area (TPSA) is 83.1 Å². The molecule has 0 heterocycles. The third-order valence-electron chi connectivity index (χ3n) is 3.51. The van der Waals surface area contributed by atoms with E-state index in [1.807, 2.05) is 0 Å². The minimum absolute atomic E-state index is 0.329. The Morgan fingerprint density at radius 2 is 1.70 bits per heavy atom. The number of hydrogen-bond acceptors (Lipinski definition) is 6. The van der Waals surface area contributed by atoms with Gasteiger partial charge in [-0.05, 0) is 49.4 Å². The van der Waals surface area contributed by atoms with Crippen LogP contribution in [-0.2, 0) is 14.3 Å². The van der Waals surface area contributed by atoms with Gasteiger partial charge in [0, 0.05) is 5.02 Å². The summed E-state index contributed by atoms with van der Waals surface area (Å²) in [6, 6.07) is 11.5. The van der Waals surface area contributed by atoms with Gasteiger partial charge in [0.2, 0.25) is 0 Å². The number of hydrogen-bond donors (Lipinski definition) is 1. The molecule has 0 fully saturated rings. The average Bonchev–Trinajstić information content (AvgIpc) is 2.67. The zero-order chi connectivity index (χ0) is 19.8. The molecule has 1 N–H and O–H groups in total. The van der Waals surface area contributed by atoms with E-state index in [0.717, 1.165) is 0 Å². The fourth-order valence-corrected chi connectivity index (χ4v) is 2.28. The Balaban J connectivity index is 1.86. The minimum atomic E-state index is -1.03. The van der Waals surface area contributed by atoms with Gasteiger partial charge in [-0.25, -0.2) is 4.79 Å². The van der Waals surface area contributed by atoms with Crippen LogP contribution in [0.1, 0.15) is 6.92 Å². The van der Waals surface area contributed by atoms with Crippen LogP contribution < -0.4 is 19.5 Å². The number of methoxy groups -OCH3 is 2. The molecule has 0 spiro atoms. The first-order chi connectivity index (χ1) is 12.9. The van der Waals surface area contributed by atoms with Crippen molar-refractivity contribution in [2.75, 3.05) is 26.1 Å². The quantitative estimate of drug-likeness (QED) is 0.693. The normalized spacial score (nSPS) is 11.3. The van der Waals surface area contributed by atoms with Gasteiger partial charge in [-0.1, -0.05) is 11.6 Å². The van der Waals surface area contributed by atoms with Gasteiger partial charge < -0.3 is 24.3 Å². The summed E-state index contributed by atoms with van der Waals surface area (Å²) in [5, 5.41) is 3.05. The SMILES string of the molecule is COc1ccc(OCC(=O)O[C@H](C)C(=O)Nc2cc(Cl)ccc2OC)cc1. The first-order valence-electron chi connectivity index (χ1n) is 8.03. The number of benzene rings is 2. The number of nitrogens with one attached hydrogen (secondary N) is 1. The number of amides is 1. The Morgan fingerprint density at radius 3 is 2.33 bits per heavy atom. The molecule has 0 saturated heterocycles. The summed E-state index contributed by atoms with van der Waals surface area (Å²) in [7, 11) is 3.03. The summed E-state index contributed by atoms with van der Waals surface area (Å²) < 4.78 is 20.6. The van der Waals surface area contributed by atoms with E-state index in [1.54, 1.807) is 49.6 Å². The van der Waals surface area contributed by atoms with Crippen molar-refractivity contribution in [1.29, 1.82) is 0 Å². The van der Waals surface area contributed by atoms with Crippen molar-refractivity contribution in [1.82, 2.24) is 0 Å². The highest BCUT2D eigenvalue weighted by Gasteiger charge is 2.19. The van der Waals surface area contributed by atoms with Crippen LogP contribution >= 0.6 is 11.6 Å². The van der Waals surface area contributed by atoms with E-state index in [2.05, 4.69) is 5.32 Å². The van der Waals surface area contributed by atoms with Crippen LogP contribution in [0.2, 0.25) is 5.02 Å². The van der Waals surface area contributed by atoms with Crippen molar-refractivity contribution in [3.63, 3.8) is 0 Å². The molecule has 0 radical (unpaired) electrons. The molecule has 1 atom stereocenters. The van der Waals surface area contributed by atoms with Crippen molar-refractivity contribution in [2.45, 2.75) is 13.0 Å². The monoisotopic (exact) mass is 393 g/mol. The third-order valence-corrected chi connectivity index (χ3v) is 3.75. The highest BCUT2D eigenvalue weighted by atomic mass is 35.5. The van der Waals surface area contributed by atoms with Gasteiger partial charge >= 0.3 is 5.97 Å². The van der Waals surface area contributed by atoms with Crippen LogP contribution in [0.4, 0.5) is 5.69 Å². The Hall–Kier alpha value is -2.93. The zero-order valence-electron chi connectivity index (χ0n) is 15.2. The first-order valence-corrected chi connectivity index (χ1v) is 8.41. The molecule has 144 valence electrons. The zero-order valence-corrected chi connectivity index (χ0v) is 15.9. The molecule has 2 aromatic rings. The molecular weight excluding hydrogens is 374 g/mol. The number of carbonyl (C=O) groups excluding carboxylic acids is 2.